The molecule has 0 aliphatic carbocycles. The topological polar surface area (TPSA) is 29.3 Å². The van der Waals surface area contributed by atoms with Gasteiger partial charge >= 0.3 is 0 Å². The lowest BCUT2D eigenvalue weighted by Crippen LogP contribution is -3.11. The van der Waals surface area contributed by atoms with Crippen LogP contribution in [0.4, 0.5) is 0 Å². The number of hydrogen-bond acceptors (Lipinski definition) is 3. The molecule has 3 heterocycles. The number of halogens is 1. The molecule has 0 unspecified atom stereocenters. The minimum Gasteiger partial charge on any atom is -0.466 e. The quantitative estimate of drug-likeness (QED) is 0.779. The highest BCUT2D eigenvalue weighted by Crippen LogP contribution is 2.49. The molecule has 0 amide bonds. The van der Waals surface area contributed by atoms with Gasteiger partial charge < -0.3 is 9.64 Å². The molecule has 1 saturated heterocycles. The first-order chi connectivity index (χ1) is 12.6. The number of rotatable bonds is 1. The third-order valence-electron chi connectivity index (χ3n) is 5.97. The monoisotopic (exact) mass is 412 g/mol. The summed E-state index contributed by atoms with van der Waals surface area (Å²) in [6.07, 6.45) is 2.97. The van der Waals surface area contributed by atoms with E-state index in [2.05, 4.69) is 76.5 Å². The van der Waals surface area contributed by atoms with Crippen molar-refractivity contribution in [2.24, 2.45) is 5.10 Å². The fourth-order valence-corrected chi connectivity index (χ4v) is 4.71. The lowest BCUT2D eigenvalue weighted by Gasteiger charge is -2.49. The van der Waals surface area contributed by atoms with Crippen molar-refractivity contribution in [3.63, 3.8) is 0 Å². The minimum atomic E-state index is -0.296. The molecule has 4 nitrogen and oxygen atoms in total. The minimum absolute atomic E-state index is 0.275. The van der Waals surface area contributed by atoms with E-state index in [1.807, 2.05) is 0 Å². The molecule has 3 aliphatic heterocycles. The van der Waals surface area contributed by atoms with Gasteiger partial charge in [-0.2, -0.15) is 5.10 Å². The highest BCUT2D eigenvalue weighted by molar-refractivity contribution is 9.10. The van der Waals surface area contributed by atoms with Gasteiger partial charge in [0, 0.05) is 16.5 Å². The molecule has 1 fully saturated rings. The van der Waals surface area contributed by atoms with Crippen LogP contribution in [-0.2, 0) is 0 Å². The number of quaternary nitrogens is 1. The second-order valence-electron chi connectivity index (χ2n) is 7.66. The van der Waals surface area contributed by atoms with Gasteiger partial charge in [-0.1, -0.05) is 46.3 Å². The van der Waals surface area contributed by atoms with Crippen molar-refractivity contribution >= 4 is 21.6 Å². The number of ether oxygens (including phenoxy) is 1. The van der Waals surface area contributed by atoms with Crippen molar-refractivity contribution in [1.82, 2.24) is 5.01 Å². The molecule has 2 aromatic rings. The van der Waals surface area contributed by atoms with Crippen molar-refractivity contribution < 1.29 is 9.64 Å². The molecule has 0 radical (unpaired) electrons. The van der Waals surface area contributed by atoms with Crippen LogP contribution in [-0.4, -0.2) is 36.6 Å². The van der Waals surface area contributed by atoms with Crippen molar-refractivity contribution in [3.8, 4) is 5.75 Å². The van der Waals surface area contributed by atoms with E-state index >= 15 is 0 Å². The summed E-state index contributed by atoms with van der Waals surface area (Å²) in [5.74, 6) is 1.04. The number of fused-ring (bicyclic) bond motifs is 4. The Morgan fingerprint density at radius 2 is 1.85 bits per heavy atom. The Morgan fingerprint density at radius 3 is 2.62 bits per heavy atom. The number of likely N-dealkylation sites (tertiary alicyclic amines) is 1. The van der Waals surface area contributed by atoms with Gasteiger partial charge in [0.25, 0.3) is 0 Å². The van der Waals surface area contributed by atoms with E-state index in [0.29, 0.717) is 0 Å². The predicted molar refractivity (Wildman–Crippen MR) is 106 cm³/mol. The molecule has 0 bridgehead atoms. The van der Waals surface area contributed by atoms with Crippen LogP contribution in [0.15, 0.2) is 58.1 Å². The van der Waals surface area contributed by atoms with Crippen molar-refractivity contribution in [1.29, 1.82) is 0 Å². The number of nitrogens with zero attached hydrogens (tertiary/aromatic N) is 2. The Balaban J connectivity index is 1.57. The Kier molecular flexibility index (Phi) is 3.83. The van der Waals surface area contributed by atoms with E-state index < -0.39 is 0 Å². The summed E-state index contributed by atoms with van der Waals surface area (Å²) in [6, 6.07) is 17.3. The summed E-state index contributed by atoms with van der Waals surface area (Å²) in [7, 11) is 2.27. The highest BCUT2D eigenvalue weighted by Gasteiger charge is 2.52. The molecule has 1 N–H and O–H groups in total. The van der Waals surface area contributed by atoms with E-state index in [1.165, 1.54) is 11.1 Å². The summed E-state index contributed by atoms with van der Waals surface area (Å²) in [5.41, 5.74) is 3.33. The summed E-state index contributed by atoms with van der Waals surface area (Å²) in [4.78, 5) is 1.57. The molecule has 0 saturated carbocycles. The van der Waals surface area contributed by atoms with Gasteiger partial charge in [-0.25, -0.2) is 5.01 Å². The predicted octanol–water partition coefficient (Wildman–Crippen LogP) is 3.00. The van der Waals surface area contributed by atoms with Gasteiger partial charge in [-0.3, -0.25) is 0 Å². The Bertz CT molecular complexity index is 856. The zero-order valence-corrected chi connectivity index (χ0v) is 16.5. The summed E-state index contributed by atoms with van der Waals surface area (Å²) in [5, 5.41) is 7.40. The molecule has 26 heavy (non-hydrogen) atoms. The summed E-state index contributed by atoms with van der Waals surface area (Å²) < 4.78 is 7.72. The van der Waals surface area contributed by atoms with Gasteiger partial charge in [0.2, 0.25) is 5.72 Å². The molecule has 0 aromatic heterocycles. The fraction of sp³-hybridized carbons (Fsp3) is 0.381. The first-order valence-corrected chi connectivity index (χ1v) is 10.2. The Morgan fingerprint density at radius 1 is 1.12 bits per heavy atom. The molecule has 3 aliphatic rings. The van der Waals surface area contributed by atoms with Crippen molar-refractivity contribution in [2.45, 2.75) is 31.0 Å². The van der Waals surface area contributed by atoms with E-state index in [9.17, 15) is 0 Å². The number of benzene rings is 2. The maximum Gasteiger partial charge on any atom is 0.208 e. The molecule has 2 aromatic carbocycles. The second-order valence-corrected chi connectivity index (χ2v) is 8.58. The maximum atomic E-state index is 6.62. The van der Waals surface area contributed by atoms with Crippen LogP contribution in [0.5, 0.6) is 5.75 Å². The van der Waals surface area contributed by atoms with Gasteiger partial charge in [0.15, 0.2) is 0 Å². The highest BCUT2D eigenvalue weighted by atomic mass is 79.9. The molecule has 1 spiro atoms. The summed E-state index contributed by atoms with van der Waals surface area (Å²) >= 11 is 3.53. The van der Waals surface area contributed by atoms with Crippen molar-refractivity contribution in [2.75, 3.05) is 20.1 Å². The first-order valence-electron chi connectivity index (χ1n) is 9.37. The Labute approximate surface area is 162 Å². The molecular formula is C21H23BrN3O+. The molecule has 1 atom stereocenters. The lowest BCUT2D eigenvalue weighted by molar-refractivity contribution is -0.888. The first kappa shape index (κ1) is 16.3. The fourth-order valence-electron chi connectivity index (χ4n) is 4.44. The Hall–Kier alpha value is -1.85. The zero-order valence-electron chi connectivity index (χ0n) is 14.9. The standard InChI is InChI=1S/C21H22BrN3O/c1-24-12-10-21(11-13-24)25-19(17-4-2-3-5-20(17)26-21)14-18(23-25)15-6-8-16(22)9-7-15/h2-9,19H,10-14H2,1H3/p+1/t19-/m0/s1. The largest absolute Gasteiger partial charge is 0.466 e. The number of piperidine rings is 1. The number of hydrazone groups is 1. The van der Waals surface area contributed by atoms with Crippen LogP contribution >= 0.6 is 15.9 Å². The molecule has 5 rings (SSSR count). The van der Waals surface area contributed by atoms with Gasteiger partial charge in [0.1, 0.15) is 5.75 Å². The molecular weight excluding hydrogens is 390 g/mol. The van der Waals surface area contributed by atoms with Gasteiger partial charge in [-0.05, 0) is 23.8 Å². The smallest absolute Gasteiger partial charge is 0.208 e. The lowest BCUT2D eigenvalue weighted by atomic mass is 9.91. The van der Waals surface area contributed by atoms with E-state index in [0.717, 1.165) is 48.3 Å². The SMILES string of the molecule is C[NH+]1CCC2(CC1)Oc1ccccc1[C@@H]1CC(c3ccc(Br)cc3)=NN12. The average molecular weight is 413 g/mol. The number of nitrogens with one attached hydrogen (secondary N) is 1. The second kappa shape index (κ2) is 6.10. The van der Waals surface area contributed by atoms with Crippen LogP contribution < -0.4 is 9.64 Å². The van der Waals surface area contributed by atoms with Crippen LogP contribution in [0.2, 0.25) is 0 Å². The van der Waals surface area contributed by atoms with Crippen LogP contribution in [0, 0.1) is 0 Å². The van der Waals surface area contributed by atoms with Gasteiger partial charge in [-0.15, -0.1) is 0 Å². The number of hydrogen-bond donors (Lipinski definition) is 1. The third kappa shape index (κ3) is 2.57. The van der Waals surface area contributed by atoms with E-state index in [1.54, 1.807) is 4.90 Å². The van der Waals surface area contributed by atoms with Crippen LogP contribution in [0.25, 0.3) is 0 Å². The average Bonchev–Trinajstić information content (AvgIpc) is 3.12. The van der Waals surface area contributed by atoms with Crippen molar-refractivity contribution in [3.05, 3.63) is 64.1 Å². The van der Waals surface area contributed by atoms with Gasteiger partial charge in [0.05, 0.1) is 44.7 Å². The molecule has 5 heteroatoms. The van der Waals surface area contributed by atoms with Crippen LogP contribution in [0.3, 0.4) is 0 Å². The summed E-state index contributed by atoms with van der Waals surface area (Å²) in [6.45, 7) is 2.24. The normalized spacial score (nSPS) is 29.8. The number of para-hydroxylation sites is 1. The van der Waals surface area contributed by atoms with Crippen LogP contribution in [0.1, 0.15) is 36.4 Å². The maximum absolute atomic E-state index is 6.62. The van der Waals surface area contributed by atoms with E-state index in [-0.39, 0.29) is 11.8 Å². The van der Waals surface area contributed by atoms with E-state index in [4.69, 9.17) is 9.84 Å². The zero-order chi connectivity index (χ0) is 17.7. The third-order valence-corrected chi connectivity index (χ3v) is 6.50. The molecule has 134 valence electrons.